The summed E-state index contributed by atoms with van der Waals surface area (Å²) in [7, 11) is 0. The SMILES string of the molecule is CCN(CC)c1ccc(/C=c2\sc3n(c2=O)[C@@H](c2ccc(Cl)cc2)C2=C(N=3)c3ccccc3CC2)o1. The number of aryl methyl sites for hydroxylation is 1. The summed E-state index contributed by atoms with van der Waals surface area (Å²) >= 11 is 7.62. The van der Waals surface area contributed by atoms with Crippen molar-refractivity contribution in [3.05, 3.63) is 113 Å². The summed E-state index contributed by atoms with van der Waals surface area (Å²) in [6.45, 7) is 5.92. The highest BCUT2D eigenvalue weighted by molar-refractivity contribution is 7.07. The molecule has 3 heterocycles. The first-order valence-corrected chi connectivity index (χ1v) is 13.5. The van der Waals surface area contributed by atoms with E-state index in [4.69, 9.17) is 21.0 Å². The lowest BCUT2D eigenvalue weighted by atomic mass is 9.83. The topological polar surface area (TPSA) is 50.7 Å². The fraction of sp³-hybridized carbons (Fsp3) is 0.241. The molecule has 0 amide bonds. The largest absolute Gasteiger partial charge is 0.441 e. The van der Waals surface area contributed by atoms with Gasteiger partial charge in [-0.05, 0) is 61.6 Å². The predicted octanol–water partition coefficient (Wildman–Crippen LogP) is 5.41. The summed E-state index contributed by atoms with van der Waals surface area (Å²) in [5.74, 6) is 1.48. The molecule has 2 aromatic carbocycles. The number of halogens is 1. The highest BCUT2D eigenvalue weighted by Crippen LogP contribution is 2.41. The molecule has 4 aromatic rings. The van der Waals surface area contributed by atoms with E-state index < -0.39 is 0 Å². The first-order chi connectivity index (χ1) is 17.6. The number of aromatic nitrogens is 1. The number of nitrogens with zero attached hydrogens (tertiary/aromatic N) is 3. The highest BCUT2D eigenvalue weighted by atomic mass is 35.5. The van der Waals surface area contributed by atoms with Crippen LogP contribution in [0.3, 0.4) is 0 Å². The Balaban J connectivity index is 1.54. The van der Waals surface area contributed by atoms with Gasteiger partial charge in [0.05, 0.1) is 16.3 Å². The van der Waals surface area contributed by atoms with Gasteiger partial charge in [-0.3, -0.25) is 9.36 Å². The van der Waals surface area contributed by atoms with Gasteiger partial charge in [-0.1, -0.05) is 59.3 Å². The minimum absolute atomic E-state index is 0.0510. The highest BCUT2D eigenvalue weighted by Gasteiger charge is 2.32. The Morgan fingerprint density at radius 1 is 1.08 bits per heavy atom. The van der Waals surface area contributed by atoms with E-state index in [-0.39, 0.29) is 11.6 Å². The smallest absolute Gasteiger partial charge is 0.271 e. The van der Waals surface area contributed by atoms with Crippen LogP contribution in [0.2, 0.25) is 5.02 Å². The van der Waals surface area contributed by atoms with E-state index >= 15 is 0 Å². The van der Waals surface area contributed by atoms with Crippen molar-refractivity contribution in [3.63, 3.8) is 0 Å². The van der Waals surface area contributed by atoms with E-state index in [1.165, 1.54) is 22.5 Å². The Morgan fingerprint density at radius 3 is 2.64 bits per heavy atom. The Bertz CT molecular complexity index is 1660. The first-order valence-electron chi connectivity index (χ1n) is 12.3. The molecular weight excluding hydrogens is 490 g/mol. The monoisotopic (exact) mass is 515 g/mol. The third-order valence-corrected chi connectivity index (χ3v) is 8.25. The number of benzene rings is 2. The number of fused-ring (bicyclic) bond motifs is 3. The van der Waals surface area contributed by atoms with Crippen LogP contribution in [0.4, 0.5) is 5.88 Å². The van der Waals surface area contributed by atoms with Crippen molar-refractivity contribution in [3.8, 4) is 0 Å². The van der Waals surface area contributed by atoms with Gasteiger partial charge in [0.1, 0.15) is 5.76 Å². The van der Waals surface area contributed by atoms with E-state index in [9.17, 15) is 4.79 Å². The van der Waals surface area contributed by atoms with Crippen LogP contribution in [0.5, 0.6) is 0 Å². The van der Waals surface area contributed by atoms with Crippen LogP contribution in [-0.4, -0.2) is 17.7 Å². The number of rotatable bonds is 5. The second-order valence-electron chi connectivity index (χ2n) is 9.01. The fourth-order valence-corrected chi connectivity index (χ4v) is 6.33. The Kier molecular flexibility index (Phi) is 5.94. The van der Waals surface area contributed by atoms with Gasteiger partial charge < -0.3 is 9.32 Å². The standard InChI is InChI=1S/C29H26ClN3O2S/c1-3-32(4-2)25-16-14-21(35-25)17-24-28(34)33-27(19-9-12-20(30)13-10-19)23-15-11-18-7-5-6-8-22(18)26(23)31-29(33)36-24/h5-10,12-14,16-17,27H,3-4,11,15H2,1-2H3/b24-17-/t27-/m0/s1. The summed E-state index contributed by atoms with van der Waals surface area (Å²) < 4.78 is 8.52. The molecular formula is C29H26ClN3O2S. The third kappa shape index (κ3) is 3.85. The molecule has 0 N–H and O–H groups in total. The first kappa shape index (κ1) is 23.1. The van der Waals surface area contributed by atoms with Gasteiger partial charge in [0, 0.05) is 35.8 Å². The summed E-state index contributed by atoms with van der Waals surface area (Å²) in [4.78, 5) is 21.7. The zero-order chi connectivity index (χ0) is 24.8. The third-order valence-electron chi connectivity index (χ3n) is 7.02. The summed E-state index contributed by atoms with van der Waals surface area (Å²) in [6, 6.07) is 19.9. The number of anilines is 1. The molecule has 2 aromatic heterocycles. The molecule has 0 saturated carbocycles. The van der Waals surface area contributed by atoms with Crippen LogP contribution in [-0.2, 0) is 6.42 Å². The molecule has 0 fully saturated rings. The molecule has 0 spiro atoms. The number of hydrogen-bond donors (Lipinski definition) is 0. The average molecular weight is 516 g/mol. The van der Waals surface area contributed by atoms with Gasteiger partial charge in [-0.2, -0.15) is 0 Å². The van der Waals surface area contributed by atoms with Gasteiger partial charge in [0.2, 0.25) is 0 Å². The van der Waals surface area contributed by atoms with Crippen LogP contribution < -0.4 is 19.8 Å². The minimum Gasteiger partial charge on any atom is -0.441 e. The van der Waals surface area contributed by atoms with E-state index in [1.807, 2.05) is 47.0 Å². The van der Waals surface area contributed by atoms with Crippen molar-refractivity contribution in [2.75, 3.05) is 18.0 Å². The average Bonchev–Trinajstić information content (AvgIpc) is 3.48. The van der Waals surface area contributed by atoms with Crippen molar-refractivity contribution >= 4 is 40.6 Å². The molecule has 0 bridgehead atoms. The molecule has 0 radical (unpaired) electrons. The second kappa shape index (κ2) is 9.26. The van der Waals surface area contributed by atoms with Gasteiger partial charge in [0.15, 0.2) is 10.7 Å². The maximum absolute atomic E-state index is 13.8. The van der Waals surface area contributed by atoms with Crippen molar-refractivity contribution in [1.82, 2.24) is 4.57 Å². The van der Waals surface area contributed by atoms with Gasteiger partial charge in [0.25, 0.3) is 5.56 Å². The van der Waals surface area contributed by atoms with E-state index in [1.54, 1.807) is 0 Å². The number of hydrogen-bond acceptors (Lipinski definition) is 5. The maximum Gasteiger partial charge on any atom is 0.271 e. The summed E-state index contributed by atoms with van der Waals surface area (Å²) in [6.07, 6.45) is 3.63. The van der Waals surface area contributed by atoms with Crippen molar-refractivity contribution in [2.45, 2.75) is 32.7 Å². The summed E-state index contributed by atoms with van der Waals surface area (Å²) in [5.41, 5.74) is 5.61. The van der Waals surface area contributed by atoms with Gasteiger partial charge in [-0.15, -0.1) is 0 Å². The van der Waals surface area contributed by atoms with E-state index in [0.717, 1.165) is 48.6 Å². The van der Waals surface area contributed by atoms with Crippen LogP contribution >= 0.6 is 22.9 Å². The molecule has 36 heavy (non-hydrogen) atoms. The second-order valence-corrected chi connectivity index (χ2v) is 10.5. The lowest BCUT2D eigenvalue weighted by Gasteiger charge is -2.30. The van der Waals surface area contributed by atoms with Crippen molar-refractivity contribution < 1.29 is 4.42 Å². The molecule has 1 atom stereocenters. The number of thiazole rings is 1. The molecule has 7 heteroatoms. The van der Waals surface area contributed by atoms with Crippen LogP contribution in [0.15, 0.2) is 80.4 Å². The van der Waals surface area contributed by atoms with Crippen molar-refractivity contribution in [1.29, 1.82) is 0 Å². The maximum atomic E-state index is 13.8. The quantitative estimate of drug-likeness (QED) is 0.357. The van der Waals surface area contributed by atoms with Gasteiger partial charge >= 0.3 is 0 Å². The fourth-order valence-electron chi connectivity index (χ4n) is 5.22. The van der Waals surface area contributed by atoms with Gasteiger partial charge in [-0.25, -0.2) is 4.99 Å². The van der Waals surface area contributed by atoms with E-state index in [0.29, 0.717) is 20.1 Å². The summed E-state index contributed by atoms with van der Waals surface area (Å²) in [5, 5.41) is 0.677. The van der Waals surface area contributed by atoms with Crippen LogP contribution in [0, 0.1) is 0 Å². The van der Waals surface area contributed by atoms with E-state index in [2.05, 4.69) is 43.0 Å². The number of furan rings is 1. The van der Waals surface area contributed by atoms with Crippen LogP contribution in [0.25, 0.3) is 11.8 Å². The molecule has 0 unspecified atom stereocenters. The zero-order valence-electron chi connectivity index (χ0n) is 20.2. The lowest BCUT2D eigenvalue weighted by molar-refractivity contribution is 0.541. The van der Waals surface area contributed by atoms with Crippen molar-refractivity contribution in [2.24, 2.45) is 4.99 Å². The minimum atomic E-state index is -0.216. The Hall–Kier alpha value is -3.35. The normalized spacial score (nSPS) is 16.9. The number of allylic oxidation sites excluding steroid dienone is 1. The lowest BCUT2D eigenvalue weighted by Crippen LogP contribution is -2.38. The molecule has 5 nitrogen and oxygen atoms in total. The Labute approximate surface area is 218 Å². The molecule has 1 aliphatic heterocycles. The molecule has 2 aliphatic rings. The molecule has 1 aliphatic carbocycles. The molecule has 6 rings (SSSR count). The predicted molar refractivity (Wildman–Crippen MR) is 146 cm³/mol. The van der Waals surface area contributed by atoms with Crippen LogP contribution in [0.1, 0.15) is 48.8 Å². The molecule has 182 valence electrons. The Morgan fingerprint density at radius 2 is 1.86 bits per heavy atom. The molecule has 0 saturated heterocycles. The zero-order valence-corrected chi connectivity index (χ0v) is 21.8.